The van der Waals surface area contributed by atoms with Crippen LogP contribution in [-0.2, 0) is 16.0 Å². The first-order valence-corrected chi connectivity index (χ1v) is 8.44. The van der Waals surface area contributed by atoms with Gasteiger partial charge in [-0.2, -0.15) is 0 Å². The Morgan fingerprint density at radius 3 is 2.55 bits per heavy atom. The van der Waals surface area contributed by atoms with Crippen LogP contribution in [0, 0.1) is 11.8 Å². The van der Waals surface area contributed by atoms with Gasteiger partial charge < -0.3 is 16.4 Å². The van der Waals surface area contributed by atoms with Crippen molar-refractivity contribution in [3.8, 4) is 0 Å². The van der Waals surface area contributed by atoms with Crippen molar-refractivity contribution < 1.29 is 9.59 Å². The van der Waals surface area contributed by atoms with E-state index >= 15 is 0 Å². The second-order valence-electron chi connectivity index (χ2n) is 6.09. The number of nitrogens with one attached hydrogen (secondary N) is 2. The summed E-state index contributed by atoms with van der Waals surface area (Å²) in [6.45, 7) is 8.26. The van der Waals surface area contributed by atoms with Crippen molar-refractivity contribution in [2.24, 2.45) is 17.6 Å². The first-order valence-electron chi connectivity index (χ1n) is 7.56. The van der Waals surface area contributed by atoms with Crippen molar-refractivity contribution in [2.75, 3.05) is 11.9 Å². The standard InChI is InChI=1S/C15H26N4O2S/c1-9(2)5-11(7-16)17-13(20)6-12-8-22-15(18-12)19-14(21)10(3)4/h8-11H,5-7,16H2,1-4H3,(H,17,20)(H,18,19,21). The Kier molecular flexibility index (Phi) is 7.47. The third-order valence-electron chi connectivity index (χ3n) is 3.05. The highest BCUT2D eigenvalue weighted by Crippen LogP contribution is 2.16. The van der Waals surface area contributed by atoms with Gasteiger partial charge in [0.25, 0.3) is 0 Å². The summed E-state index contributed by atoms with van der Waals surface area (Å²) in [5.41, 5.74) is 6.33. The fourth-order valence-electron chi connectivity index (χ4n) is 1.92. The van der Waals surface area contributed by atoms with Crippen LogP contribution in [0.15, 0.2) is 5.38 Å². The van der Waals surface area contributed by atoms with Gasteiger partial charge in [-0.1, -0.05) is 27.7 Å². The molecule has 2 amide bonds. The SMILES string of the molecule is CC(C)CC(CN)NC(=O)Cc1csc(NC(=O)C(C)C)n1. The molecule has 4 N–H and O–H groups in total. The second-order valence-corrected chi connectivity index (χ2v) is 6.95. The van der Waals surface area contributed by atoms with E-state index in [4.69, 9.17) is 5.73 Å². The topological polar surface area (TPSA) is 97.1 Å². The normalized spacial score (nSPS) is 12.5. The lowest BCUT2D eigenvalue weighted by molar-refractivity contribution is -0.121. The van der Waals surface area contributed by atoms with Crippen molar-refractivity contribution >= 4 is 28.3 Å². The first-order chi connectivity index (χ1) is 10.3. The van der Waals surface area contributed by atoms with E-state index in [0.29, 0.717) is 23.3 Å². The molecule has 6 nitrogen and oxygen atoms in total. The van der Waals surface area contributed by atoms with Gasteiger partial charge in [0.1, 0.15) is 0 Å². The highest BCUT2D eigenvalue weighted by Gasteiger charge is 2.15. The Hall–Kier alpha value is -1.47. The summed E-state index contributed by atoms with van der Waals surface area (Å²) in [6.07, 6.45) is 1.05. The minimum absolute atomic E-state index is 0.00810. The highest BCUT2D eigenvalue weighted by molar-refractivity contribution is 7.13. The minimum Gasteiger partial charge on any atom is -0.352 e. The summed E-state index contributed by atoms with van der Waals surface area (Å²) < 4.78 is 0. The van der Waals surface area contributed by atoms with Gasteiger partial charge in [-0.3, -0.25) is 9.59 Å². The van der Waals surface area contributed by atoms with E-state index in [1.165, 1.54) is 11.3 Å². The van der Waals surface area contributed by atoms with Gasteiger partial charge in [-0.25, -0.2) is 4.98 Å². The maximum absolute atomic E-state index is 12.0. The molecule has 0 aliphatic carbocycles. The predicted molar refractivity (Wildman–Crippen MR) is 89.7 cm³/mol. The largest absolute Gasteiger partial charge is 0.352 e. The number of hydrogen-bond acceptors (Lipinski definition) is 5. The van der Waals surface area contributed by atoms with E-state index in [1.807, 2.05) is 13.8 Å². The molecule has 1 unspecified atom stereocenters. The number of carbonyl (C=O) groups is 2. The van der Waals surface area contributed by atoms with Gasteiger partial charge in [0, 0.05) is 23.9 Å². The molecule has 0 aromatic carbocycles. The number of aromatic nitrogens is 1. The third kappa shape index (κ3) is 6.53. The van der Waals surface area contributed by atoms with E-state index in [1.54, 1.807) is 5.38 Å². The Morgan fingerprint density at radius 1 is 1.32 bits per heavy atom. The molecule has 124 valence electrons. The fraction of sp³-hybridized carbons (Fsp3) is 0.667. The molecule has 0 aliphatic heterocycles. The molecule has 0 fully saturated rings. The second kappa shape index (κ2) is 8.85. The number of thiazole rings is 1. The molecule has 7 heteroatoms. The Morgan fingerprint density at radius 2 is 2.00 bits per heavy atom. The lowest BCUT2D eigenvalue weighted by Crippen LogP contribution is -2.41. The van der Waals surface area contributed by atoms with Crippen LogP contribution in [0.3, 0.4) is 0 Å². The van der Waals surface area contributed by atoms with E-state index in [-0.39, 0.29) is 30.2 Å². The van der Waals surface area contributed by atoms with Gasteiger partial charge in [0.05, 0.1) is 12.1 Å². The summed E-state index contributed by atoms with van der Waals surface area (Å²) in [6, 6.07) is -0.00810. The average Bonchev–Trinajstić information content (AvgIpc) is 2.84. The number of nitrogens with zero attached hydrogens (tertiary/aromatic N) is 1. The summed E-state index contributed by atoms with van der Waals surface area (Å²) in [4.78, 5) is 27.9. The molecular formula is C15H26N4O2S. The molecule has 0 aliphatic rings. The van der Waals surface area contributed by atoms with Crippen LogP contribution < -0.4 is 16.4 Å². The maximum atomic E-state index is 12.0. The Balaban J connectivity index is 2.51. The molecule has 1 aromatic heterocycles. The first kappa shape index (κ1) is 18.6. The van der Waals surface area contributed by atoms with Gasteiger partial charge in [-0.05, 0) is 12.3 Å². The number of carbonyl (C=O) groups excluding carboxylic acids is 2. The monoisotopic (exact) mass is 326 g/mol. The molecule has 1 rings (SSSR count). The average molecular weight is 326 g/mol. The zero-order valence-electron chi connectivity index (χ0n) is 13.7. The van der Waals surface area contributed by atoms with Crippen molar-refractivity contribution in [1.82, 2.24) is 10.3 Å². The molecule has 1 aromatic rings. The summed E-state index contributed by atoms with van der Waals surface area (Å²) in [5, 5.41) is 7.97. The van der Waals surface area contributed by atoms with Crippen LogP contribution in [0.1, 0.15) is 39.8 Å². The van der Waals surface area contributed by atoms with Gasteiger partial charge in [-0.15, -0.1) is 11.3 Å². The predicted octanol–water partition coefficient (Wildman–Crippen LogP) is 1.77. The van der Waals surface area contributed by atoms with Crippen LogP contribution in [-0.4, -0.2) is 29.4 Å². The summed E-state index contributed by atoms with van der Waals surface area (Å²) in [7, 11) is 0. The third-order valence-corrected chi connectivity index (χ3v) is 3.86. The molecule has 1 heterocycles. The Bertz CT molecular complexity index is 499. The van der Waals surface area contributed by atoms with Crippen molar-refractivity contribution in [3.63, 3.8) is 0 Å². The lowest BCUT2D eigenvalue weighted by Gasteiger charge is -2.18. The highest BCUT2D eigenvalue weighted by atomic mass is 32.1. The molecule has 22 heavy (non-hydrogen) atoms. The van der Waals surface area contributed by atoms with Crippen molar-refractivity contribution in [3.05, 3.63) is 11.1 Å². The molecule has 0 saturated carbocycles. The van der Waals surface area contributed by atoms with Crippen molar-refractivity contribution in [1.29, 1.82) is 0 Å². The molecule has 0 radical (unpaired) electrons. The van der Waals surface area contributed by atoms with Gasteiger partial charge in [0.15, 0.2) is 5.13 Å². The summed E-state index contributed by atoms with van der Waals surface area (Å²) >= 11 is 1.32. The van der Waals surface area contributed by atoms with E-state index < -0.39 is 0 Å². The number of hydrogen-bond donors (Lipinski definition) is 3. The van der Waals surface area contributed by atoms with Crippen molar-refractivity contribution in [2.45, 2.75) is 46.6 Å². The quantitative estimate of drug-likeness (QED) is 0.678. The lowest BCUT2D eigenvalue weighted by atomic mass is 10.0. The molecular weight excluding hydrogens is 300 g/mol. The zero-order chi connectivity index (χ0) is 16.7. The van der Waals surface area contributed by atoms with E-state index in [2.05, 4.69) is 29.5 Å². The van der Waals surface area contributed by atoms with Crippen LogP contribution >= 0.6 is 11.3 Å². The summed E-state index contributed by atoms with van der Waals surface area (Å²) in [5.74, 6) is 0.205. The van der Waals surface area contributed by atoms with Crippen LogP contribution in [0.2, 0.25) is 0 Å². The Labute approximate surface area is 135 Å². The van der Waals surface area contributed by atoms with Gasteiger partial charge >= 0.3 is 0 Å². The molecule has 0 bridgehead atoms. The van der Waals surface area contributed by atoms with Crippen LogP contribution in [0.4, 0.5) is 5.13 Å². The molecule has 0 spiro atoms. The number of amides is 2. The molecule has 1 atom stereocenters. The minimum atomic E-state index is -0.100. The fourth-order valence-corrected chi connectivity index (χ4v) is 2.63. The van der Waals surface area contributed by atoms with Crippen LogP contribution in [0.25, 0.3) is 0 Å². The van der Waals surface area contributed by atoms with E-state index in [0.717, 1.165) is 6.42 Å². The zero-order valence-corrected chi connectivity index (χ0v) is 14.5. The number of rotatable bonds is 8. The van der Waals surface area contributed by atoms with E-state index in [9.17, 15) is 9.59 Å². The molecule has 0 saturated heterocycles. The maximum Gasteiger partial charge on any atom is 0.228 e. The van der Waals surface area contributed by atoms with Gasteiger partial charge in [0.2, 0.25) is 11.8 Å². The smallest absolute Gasteiger partial charge is 0.228 e. The number of nitrogens with two attached hydrogens (primary N) is 1. The number of anilines is 1. The van der Waals surface area contributed by atoms with Crippen LogP contribution in [0.5, 0.6) is 0 Å².